The molecule has 0 radical (unpaired) electrons. The molecule has 0 unspecified atom stereocenters. The lowest BCUT2D eigenvalue weighted by atomic mass is 10.1. The summed E-state index contributed by atoms with van der Waals surface area (Å²) in [6.45, 7) is 2.60. The Morgan fingerprint density at radius 2 is 1.43 bits per heavy atom. The van der Waals surface area contributed by atoms with Crippen LogP contribution < -0.4 is 5.11 Å². The predicted molar refractivity (Wildman–Crippen MR) is 122 cm³/mol. The number of carboxylic acid groups (broad SMARTS) is 1. The highest BCUT2D eigenvalue weighted by Crippen LogP contribution is 2.11. The van der Waals surface area contributed by atoms with E-state index in [0.717, 1.165) is 51.4 Å². The maximum atomic E-state index is 12.0. The smallest absolute Gasteiger partial charge is 0.306 e. The zero-order valence-corrected chi connectivity index (χ0v) is 19.6. The number of likely N-dealkylation sites (N-methyl/N-ethyl adjacent to an activating group) is 1. The molecule has 0 fully saturated rings. The molecule has 0 aliphatic heterocycles. The van der Waals surface area contributed by atoms with E-state index in [1.54, 1.807) is 0 Å². The van der Waals surface area contributed by atoms with Crippen LogP contribution in [0.2, 0.25) is 0 Å². The van der Waals surface area contributed by atoms with Crippen LogP contribution in [-0.2, 0) is 14.3 Å². The summed E-state index contributed by atoms with van der Waals surface area (Å²) >= 11 is 0. The summed E-state index contributed by atoms with van der Waals surface area (Å²) in [6.07, 6.45) is 22.1. The van der Waals surface area contributed by atoms with Crippen LogP contribution in [0.3, 0.4) is 0 Å². The number of esters is 1. The fourth-order valence-corrected chi connectivity index (χ4v) is 3.07. The molecule has 5 heteroatoms. The molecule has 0 amide bonds. The monoisotopic (exact) mass is 421 g/mol. The Bertz CT molecular complexity index is 544. The van der Waals surface area contributed by atoms with Gasteiger partial charge in [-0.15, -0.1) is 0 Å². The first kappa shape index (κ1) is 28.1. The average Bonchev–Trinajstić information content (AvgIpc) is 2.63. The lowest BCUT2D eigenvalue weighted by molar-refractivity contribution is -0.873. The molecule has 30 heavy (non-hydrogen) atoms. The number of nitrogens with zero attached hydrogens (tertiary/aromatic N) is 1. The fourth-order valence-electron chi connectivity index (χ4n) is 3.07. The summed E-state index contributed by atoms with van der Waals surface area (Å²) in [5.74, 6) is -1.49. The van der Waals surface area contributed by atoms with Gasteiger partial charge in [0.2, 0.25) is 0 Å². The molecule has 0 aliphatic rings. The molecule has 0 spiro atoms. The number of ether oxygens (including phenoxy) is 1. The molecular formula is C25H43NO4. The van der Waals surface area contributed by atoms with Crippen LogP contribution in [-0.4, -0.2) is 50.2 Å². The minimum atomic E-state index is -1.18. The van der Waals surface area contributed by atoms with Crippen molar-refractivity contribution in [3.63, 3.8) is 0 Å². The van der Waals surface area contributed by atoms with Crippen LogP contribution in [0.4, 0.5) is 0 Å². The number of hydrogen-bond acceptors (Lipinski definition) is 4. The Labute approximate surface area is 184 Å². The van der Waals surface area contributed by atoms with Gasteiger partial charge < -0.3 is 19.1 Å². The van der Waals surface area contributed by atoms with Crippen molar-refractivity contribution in [1.29, 1.82) is 0 Å². The number of carboxylic acids is 1. The largest absolute Gasteiger partial charge is 0.550 e. The first-order valence-corrected chi connectivity index (χ1v) is 11.4. The van der Waals surface area contributed by atoms with Gasteiger partial charge in [0.25, 0.3) is 0 Å². The van der Waals surface area contributed by atoms with Crippen molar-refractivity contribution in [2.45, 2.75) is 83.7 Å². The molecule has 5 nitrogen and oxygen atoms in total. The van der Waals surface area contributed by atoms with Gasteiger partial charge in [-0.2, -0.15) is 0 Å². The van der Waals surface area contributed by atoms with Crippen LogP contribution >= 0.6 is 0 Å². The van der Waals surface area contributed by atoms with Gasteiger partial charge in [-0.25, -0.2) is 0 Å². The number of carbonyl (C=O) groups is 2. The van der Waals surface area contributed by atoms with E-state index in [9.17, 15) is 14.7 Å². The average molecular weight is 422 g/mol. The summed E-state index contributed by atoms with van der Waals surface area (Å²) in [7, 11) is 5.82. The zero-order chi connectivity index (χ0) is 22.7. The van der Waals surface area contributed by atoms with Gasteiger partial charge in [-0.3, -0.25) is 4.79 Å². The lowest BCUT2D eigenvalue weighted by Gasteiger charge is -2.29. The topological polar surface area (TPSA) is 66.4 Å². The molecule has 0 saturated carbocycles. The number of allylic oxidation sites excluding steroid dienone is 6. The molecule has 0 aromatic carbocycles. The van der Waals surface area contributed by atoms with Crippen molar-refractivity contribution in [1.82, 2.24) is 0 Å². The first-order valence-electron chi connectivity index (χ1n) is 11.4. The number of rotatable bonds is 18. The van der Waals surface area contributed by atoms with E-state index in [4.69, 9.17) is 4.74 Å². The van der Waals surface area contributed by atoms with E-state index >= 15 is 0 Å². The molecule has 0 aromatic heterocycles. The van der Waals surface area contributed by atoms with Crippen molar-refractivity contribution in [2.75, 3.05) is 27.7 Å². The van der Waals surface area contributed by atoms with Gasteiger partial charge in [0.05, 0.1) is 21.1 Å². The fraction of sp³-hybridized carbons (Fsp3) is 0.680. The minimum absolute atomic E-state index is 0.250. The lowest BCUT2D eigenvalue weighted by Crippen LogP contribution is -2.45. The standard InChI is InChI=1S/C25H43NO4/c1-5-6-7-8-9-10-11-12-13-14-15-16-17-18-19-20-25(29)30-23(21-24(27)28)22-26(2,3)4/h6-7,9-10,12-13,23H,5,8,11,14-22H2,1-4H3/b7-6-,10-9-,13-12-/t23-/m1/s1. The maximum Gasteiger partial charge on any atom is 0.306 e. The van der Waals surface area contributed by atoms with Crippen molar-refractivity contribution in [3.8, 4) is 0 Å². The van der Waals surface area contributed by atoms with Gasteiger partial charge in [0, 0.05) is 18.8 Å². The van der Waals surface area contributed by atoms with E-state index in [1.807, 2.05) is 21.1 Å². The molecule has 172 valence electrons. The number of aliphatic carboxylic acids is 1. The molecule has 0 bridgehead atoms. The van der Waals surface area contributed by atoms with Gasteiger partial charge >= 0.3 is 5.97 Å². The summed E-state index contributed by atoms with van der Waals surface area (Å²) in [5.41, 5.74) is 0. The number of carbonyl (C=O) groups excluding carboxylic acids is 2. The third kappa shape index (κ3) is 20.8. The molecule has 0 aliphatic carbocycles. The van der Waals surface area contributed by atoms with Gasteiger partial charge in [-0.05, 0) is 38.5 Å². The minimum Gasteiger partial charge on any atom is -0.550 e. The molecular weight excluding hydrogens is 378 g/mol. The number of quaternary nitrogens is 1. The number of unbranched alkanes of at least 4 members (excludes halogenated alkanes) is 5. The van der Waals surface area contributed by atoms with E-state index in [-0.39, 0.29) is 12.4 Å². The third-order valence-electron chi connectivity index (χ3n) is 4.48. The van der Waals surface area contributed by atoms with Crippen LogP contribution in [0.15, 0.2) is 36.5 Å². The Morgan fingerprint density at radius 3 is 2.03 bits per heavy atom. The summed E-state index contributed by atoms with van der Waals surface area (Å²) in [4.78, 5) is 22.9. The van der Waals surface area contributed by atoms with Crippen LogP contribution in [0, 0.1) is 0 Å². The molecule has 0 saturated heterocycles. The zero-order valence-electron chi connectivity index (χ0n) is 19.6. The highest BCUT2D eigenvalue weighted by Gasteiger charge is 2.22. The molecule has 0 rings (SSSR count). The van der Waals surface area contributed by atoms with Gasteiger partial charge in [0.15, 0.2) is 6.10 Å². The molecule has 0 aromatic rings. The quantitative estimate of drug-likeness (QED) is 0.143. The number of hydrogen-bond donors (Lipinski definition) is 0. The van der Waals surface area contributed by atoms with Crippen molar-refractivity contribution in [2.24, 2.45) is 0 Å². The van der Waals surface area contributed by atoms with E-state index < -0.39 is 12.1 Å². The second kappa shape index (κ2) is 17.9. The highest BCUT2D eigenvalue weighted by atomic mass is 16.5. The highest BCUT2D eigenvalue weighted by molar-refractivity contribution is 5.70. The summed E-state index contributed by atoms with van der Waals surface area (Å²) < 4.78 is 5.90. The van der Waals surface area contributed by atoms with E-state index in [2.05, 4.69) is 43.4 Å². The van der Waals surface area contributed by atoms with Crippen LogP contribution in [0.25, 0.3) is 0 Å². The van der Waals surface area contributed by atoms with Crippen LogP contribution in [0.5, 0.6) is 0 Å². The SMILES string of the molecule is CC/C=C\C/C=C\C/C=C\CCCCCCCC(=O)O[C@H](CC(=O)[O-])C[N+](C)(C)C. The Hall–Kier alpha value is -1.88. The maximum absolute atomic E-state index is 12.0. The first-order chi connectivity index (χ1) is 14.2. The summed E-state index contributed by atoms with van der Waals surface area (Å²) in [5, 5.41) is 10.9. The van der Waals surface area contributed by atoms with Crippen molar-refractivity contribution in [3.05, 3.63) is 36.5 Å². The Kier molecular flexibility index (Phi) is 16.8. The normalized spacial score (nSPS) is 13.5. The second-order valence-corrected chi connectivity index (χ2v) is 8.76. The van der Waals surface area contributed by atoms with Crippen molar-refractivity contribution >= 4 is 11.9 Å². The molecule has 0 N–H and O–H groups in total. The predicted octanol–water partition coefficient (Wildman–Crippen LogP) is 4.33. The van der Waals surface area contributed by atoms with E-state index in [0.29, 0.717) is 17.4 Å². The molecule has 1 atom stereocenters. The second-order valence-electron chi connectivity index (χ2n) is 8.76. The van der Waals surface area contributed by atoms with Gasteiger partial charge in [-0.1, -0.05) is 62.6 Å². The Morgan fingerprint density at radius 1 is 0.867 bits per heavy atom. The van der Waals surface area contributed by atoms with Crippen molar-refractivity contribution < 1.29 is 23.9 Å². The van der Waals surface area contributed by atoms with Crippen LogP contribution in [0.1, 0.15) is 77.6 Å². The van der Waals surface area contributed by atoms with E-state index in [1.165, 1.54) is 6.42 Å². The molecule has 0 heterocycles. The third-order valence-corrected chi connectivity index (χ3v) is 4.48. The Balaban J connectivity index is 3.75. The summed E-state index contributed by atoms with van der Waals surface area (Å²) in [6, 6.07) is 0. The van der Waals surface area contributed by atoms with Gasteiger partial charge in [0.1, 0.15) is 6.54 Å².